The third-order valence-corrected chi connectivity index (χ3v) is 4.21. The van der Waals surface area contributed by atoms with Gasteiger partial charge >= 0.3 is 12.4 Å². The van der Waals surface area contributed by atoms with E-state index < -0.39 is 37.2 Å². The van der Waals surface area contributed by atoms with Crippen molar-refractivity contribution in [1.82, 2.24) is 10.6 Å². The van der Waals surface area contributed by atoms with Crippen LogP contribution in [0.4, 0.5) is 26.3 Å². The van der Waals surface area contributed by atoms with E-state index in [-0.39, 0.29) is 29.9 Å². The molecule has 164 valence electrons. The lowest BCUT2D eigenvalue weighted by molar-refractivity contribution is -0.154. The van der Waals surface area contributed by atoms with Crippen LogP contribution in [-0.4, -0.2) is 50.1 Å². The molecule has 1 heterocycles. The first-order valence-corrected chi connectivity index (χ1v) is 9.00. The number of halogens is 6. The molecule has 1 amide bonds. The van der Waals surface area contributed by atoms with Crippen LogP contribution in [0.2, 0.25) is 0 Å². The van der Waals surface area contributed by atoms with E-state index in [0.29, 0.717) is 0 Å². The topological polar surface area (TPSA) is 59.6 Å². The van der Waals surface area contributed by atoms with Gasteiger partial charge in [0.1, 0.15) is 11.5 Å². The van der Waals surface area contributed by atoms with Crippen LogP contribution >= 0.6 is 0 Å². The third kappa shape index (κ3) is 8.38. The van der Waals surface area contributed by atoms with Gasteiger partial charge in [0.25, 0.3) is 5.91 Å². The first kappa shape index (κ1) is 23.1. The molecule has 1 fully saturated rings. The average molecular weight is 428 g/mol. The van der Waals surface area contributed by atoms with Crippen LogP contribution < -0.4 is 20.1 Å². The Morgan fingerprint density at radius 2 is 1.76 bits per heavy atom. The Balaban J connectivity index is 2.11. The molecule has 1 saturated heterocycles. The van der Waals surface area contributed by atoms with Crippen LogP contribution in [0.15, 0.2) is 18.2 Å². The van der Waals surface area contributed by atoms with Crippen molar-refractivity contribution in [3.8, 4) is 11.5 Å². The number of hydrogen-bond donors (Lipinski definition) is 2. The van der Waals surface area contributed by atoms with Crippen molar-refractivity contribution in [2.24, 2.45) is 0 Å². The van der Waals surface area contributed by atoms with Gasteiger partial charge in [0.05, 0.1) is 5.56 Å². The minimum absolute atomic E-state index is 0.00749. The molecule has 2 rings (SSSR count). The number of benzene rings is 1. The van der Waals surface area contributed by atoms with E-state index >= 15 is 0 Å². The number of piperidine rings is 1. The summed E-state index contributed by atoms with van der Waals surface area (Å²) in [7, 11) is 0. The largest absolute Gasteiger partial charge is 0.484 e. The molecule has 0 aromatic heterocycles. The Bertz CT molecular complexity index is 693. The maximum absolute atomic E-state index is 12.5. The van der Waals surface area contributed by atoms with Crippen molar-refractivity contribution in [2.45, 2.75) is 50.6 Å². The van der Waals surface area contributed by atoms with Crippen molar-refractivity contribution >= 4 is 5.91 Å². The predicted octanol–water partition coefficient (Wildman–Crippen LogP) is 3.83. The SMILES string of the molecule is CC1CCCC(CNC(=O)c2cc(OCC(F)(F)F)ccc2OCC(F)(F)F)N1. The summed E-state index contributed by atoms with van der Waals surface area (Å²) in [4.78, 5) is 12.5. The summed E-state index contributed by atoms with van der Waals surface area (Å²) in [5.41, 5.74) is -0.335. The van der Waals surface area contributed by atoms with Gasteiger partial charge in [-0.25, -0.2) is 0 Å². The quantitative estimate of drug-likeness (QED) is 0.649. The van der Waals surface area contributed by atoms with Crippen molar-refractivity contribution in [3.05, 3.63) is 23.8 Å². The molecule has 0 spiro atoms. The van der Waals surface area contributed by atoms with Crippen molar-refractivity contribution in [2.75, 3.05) is 19.8 Å². The number of amides is 1. The van der Waals surface area contributed by atoms with E-state index in [9.17, 15) is 31.1 Å². The number of hydrogen-bond acceptors (Lipinski definition) is 4. The summed E-state index contributed by atoms with van der Waals surface area (Å²) in [5, 5.41) is 5.87. The summed E-state index contributed by atoms with van der Waals surface area (Å²) in [5.74, 6) is -1.47. The van der Waals surface area contributed by atoms with Crippen molar-refractivity contribution in [3.63, 3.8) is 0 Å². The van der Waals surface area contributed by atoms with Gasteiger partial charge in [-0.05, 0) is 38.0 Å². The van der Waals surface area contributed by atoms with Gasteiger partial charge in [-0.15, -0.1) is 0 Å². The normalized spacial score (nSPS) is 20.2. The molecule has 2 atom stereocenters. The highest BCUT2D eigenvalue weighted by molar-refractivity contribution is 5.97. The molecule has 1 aliphatic rings. The van der Waals surface area contributed by atoms with Gasteiger partial charge in [-0.3, -0.25) is 4.79 Å². The number of alkyl halides is 6. The molecular formula is C18H22F6N2O3. The lowest BCUT2D eigenvalue weighted by Gasteiger charge is -2.29. The van der Waals surface area contributed by atoms with E-state index in [1.54, 1.807) is 0 Å². The molecule has 1 aromatic carbocycles. The van der Waals surface area contributed by atoms with Crippen LogP contribution in [0, 0.1) is 0 Å². The van der Waals surface area contributed by atoms with Crippen LogP contribution in [0.5, 0.6) is 11.5 Å². The molecule has 5 nitrogen and oxygen atoms in total. The average Bonchev–Trinajstić information content (AvgIpc) is 2.62. The van der Waals surface area contributed by atoms with Crippen LogP contribution in [-0.2, 0) is 0 Å². The Hall–Kier alpha value is -2.17. The maximum atomic E-state index is 12.5. The van der Waals surface area contributed by atoms with E-state index in [4.69, 9.17) is 0 Å². The summed E-state index contributed by atoms with van der Waals surface area (Å²) in [6.07, 6.45) is -6.46. The molecule has 1 aromatic rings. The standard InChI is InChI=1S/C18H22F6N2O3/c1-11-3-2-4-12(26-11)8-25-16(27)14-7-13(28-9-17(19,20)21)5-6-15(14)29-10-18(22,23)24/h5-7,11-12,26H,2-4,8-10H2,1H3,(H,25,27). The Morgan fingerprint density at radius 1 is 1.10 bits per heavy atom. The van der Waals surface area contributed by atoms with Crippen molar-refractivity contribution in [1.29, 1.82) is 0 Å². The van der Waals surface area contributed by atoms with E-state index in [2.05, 4.69) is 20.1 Å². The molecule has 1 aliphatic heterocycles. The van der Waals surface area contributed by atoms with Gasteiger partial charge in [0, 0.05) is 18.6 Å². The number of carbonyl (C=O) groups is 1. The zero-order chi connectivity index (χ0) is 21.7. The fraction of sp³-hybridized carbons (Fsp3) is 0.611. The zero-order valence-electron chi connectivity index (χ0n) is 15.6. The molecule has 2 N–H and O–H groups in total. The van der Waals surface area contributed by atoms with Crippen LogP contribution in [0.1, 0.15) is 36.5 Å². The zero-order valence-corrected chi connectivity index (χ0v) is 15.6. The minimum Gasteiger partial charge on any atom is -0.484 e. The molecule has 0 aliphatic carbocycles. The smallest absolute Gasteiger partial charge is 0.422 e. The highest BCUT2D eigenvalue weighted by atomic mass is 19.4. The molecular weight excluding hydrogens is 406 g/mol. The first-order chi connectivity index (χ1) is 13.4. The summed E-state index contributed by atoms with van der Waals surface area (Å²) in [6, 6.07) is 3.19. The van der Waals surface area contributed by atoms with Crippen LogP contribution in [0.3, 0.4) is 0 Å². The van der Waals surface area contributed by atoms with Crippen molar-refractivity contribution < 1.29 is 40.6 Å². The van der Waals surface area contributed by atoms with E-state index in [1.165, 1.54) is 0 Å². The Labute approximate surface area is 163 Å². The van der Waals surface area contributed by atoms with Gasteiger partial charge < -0.3 is 20.1 Å². The van der Waals surface area contributed by atoms with Gasteiger partial charge in [-0.2, -0.15) is 26.3 Å². The lowest BCUT2D eigenvalue weighted by atomic mass is 9.99. The fourth-order valence-corrected chi connectivity index (χ4v) is 2.94. The molecule has 29 heavy (non-hydrogen) atoms. The highest BCUT2D eigenvalue weighted by Gasteiger charge is 2.31. The minimum atomic E-state index is -4.64. The first-order valence-electron chi connectivity index (χ1n) is 9.00. The summed E-state index contributed by atoms with van der Waals surface area (Å²) in [6.45, 7) is -1.02. The van der Waals surface area contributed by atoms with Crippen LogP contribution in [0.25, 0.3) is 0 Å². The second-order valence-corrected chi connectivity index (χ2v) is 6.87. The number of ether oxygens (including phenoxy) is 2. The number of carbonyl (C=O) groups excluding carboxylic acids is 1. The van der Waals surface area contributed by atoms with E-state index in [1.807, 2.05) is 6.92 Å². The monoisotopic (exact) mass is 428 g/mol. The second-order valence-electron chi connectivity index (χ2n) is 6.87. The molecule has 0 radical (unpaired) electrons. The number of rotatable bonds is 7. The van der Waals surface area contributed by atoms with Gasteiger partial charge in [0.2, 0.25) is 0 Å². The fourth-order valence-electron chi connectivity index (χ4n) is 2.94. The van der Waals surface area contributed by atoms with E-state index in [0.717, 1.165) is 37.5 Å². The summed E-state index contributed by atoms with van der Waals surface area (Å²) < 4.78 is 83.6. The molecule has 11 heteroatoms. The molecule has 2 unspecified atom stereocenters. The Kier molecular flexibility index (Phi) is 7.61. The predicted molar refractivity (Wildman–Crippen MR) is 92.1 cm³/mol. The van der Waals surface area contributed by atoms with Gasteiger partial charge in [-0.1, -0.05) is 6.42 Å². The third-order valence-electron chi connectivity index (χ3n) is 4.21. The molecule has 0 bridgehead atoms. The second kappa shape index (κ2) is 9.55. The summed E-state index contributed by atoms with van der Waals surface area (Å²) >= 11 is 0. The maximum Gasteiger partial charge on any atom is 0.422 e. The lowest BCUT2D eigenvalue weighted by Crippen LogP contribution is -2.47. The highest BCUT2D eigenvalue weighted by Crippen LogP contribution is 2.28. The molecule has 0 saturated carbocycles. The number of nitrogens with one attached hydrogen (secondary N) is 2. The van der Waals surface area contributed by atoms with Gasteiger partial charge in [0.15, 0.2) is 13.2 Å². The Morgan fingerprint density at radius 3 is 2.38 bits per heavy atom.